The Kier molecular flexibility index (Phi) is 52.3. The second-order valence-electron chi connectivity index (χ2n) is 19.2. The van der Waals surface area contributed by atoms with Crippen LogP contribution in [-0.2, 0) is 28.6 Å². The normalized spacial score (nSPS) is 12.2. The Hall–Kier alpha value is -2.37. The highest BCUT2D eigenvalue weighted by Gasteiger charge is 2.19. The van der Waals surface area contributed by atoms with Crippen LogP contribution in [0.3, 0.4) is 0 Å². The second kappa shape index (κ2) is 54.2. The largest absolute Gasteiger partial charge is 0.462 e. The fourth-order valence-electron chi connectivity index (χ4n) is 8.25. The lowest BCUT2D eigenvalue weighted by molar-refractivity contribution is -0.167. The molecule has 0 aromatic heterocycles. The van der Waals surface area contributed by atoms with Gasteiger partial charge in [-0.2, -0.15) is 0 Å². The Morgan fingerprint density at radius 3 is 0.800 bits per heavy atom. The molecular weight excluding hydrogens is 805 g/mol. The maximum Gasteiger partial charge on any atom is 0.306 e. The molecule has 0 aromatic carbocycles. The van der Waals surface area contributed by atoms with E-state index in [0.717, 1.165) is 70.6 Å². The number of hydrogen-bond donors (Lipinski definition) is 0. The number of unbranched alkanes of at least 4 members (excludes halogenated alkanes) is 35. The van der Waals surface area contributed by atoms with E-state index in [2.05, 4.69) is 57.2 Å². The smallest absolute Gasteiger partial charge is 0.306 e. The van der Waals surface area contributed by atoms with E-state index in [1.807, 2.05) is 0 Å². The molecule has 0 radical (unpaired) electrons. The Morgan fingerprint density at radius 2 is 0.508 bits per heavy atom. The highest BCUT2D eigenvalue weighted by molar-refractivity contribution is 5.71. The number of esters is 3. The molecule has 65 heavy (non-hydrogen) atoms. The Bertz CT molecular complexity index is 1090. The summed E-state index contributed by atoms with van der Waals surface area (Å²) < 4.78 is 16.8. The fraction of sp³-hybridized carbons (Fsp3) is 0.847. The lowest BCUT2D eigenvalue weighted by Crippen LogP contribution is -2.30. The highest BCUT2D eigenvalue weighted by atomic mass is 16.6. The zero-order chi connectivity index (χ0) is 47.2. The van der Waals surface area contributed by atoms with Crippen molar-refractivity contribution in [3.63, 3.8) is 0 Å². The van der Waals surface area contributed by atoms with Crippen LogP contribution in [0.4, 0.5) is 0 Å². The van der Waals surface area contributed by atoms with Crippen molar-refractivity contribution < 1.29 is 28.6 Å². The topological polar surface area (TPSA) is 78.9 Å². The van der Waals surface area contributed by atoms with Crippen LogP contribution in [-0.4, -0.2) is 37.2 Å². The number of carbonyl (C=O) groups is 3. The molecule has 0 spiro atoms. The van der Waals surface area contributed by atoms with Gasteiger partial charge in [-0.3, -0.25) is 14.4 Å². The second-order valence-corrected chi connectivity index (χ2v) is 19.2. The minimum atomic E-state index is -0.778. The first kappa shape index (κ1) is 62.6. The molecule has 0 aliphatic heterocycles. The van der Waals surface area contributed by atoms with E-state index in [0.29, 0.717) is 19.3 Å². The maximum absolute atomic E-state index is 12.8. The third kappa shape index (κ3) is 52.5. The van der Waals surface area contributed by atoms with E-state index in [-0.39, 0.29) is 31.1 Å². The van der Waals surface area contributed by atoms with Crippen LogP contribution in [0.2, 0.25) is 0 Å². The molecule has 1 unspecified atom stereocenters. The molecule has 0 bridgehead atoms. The summed E-state index contributed by atoms with van der Waals surface area (Å²) in [5, 5.41) is 0. The van der Waals surface area contributed by atoms with E-state index >= 15 is 0 Å². The highest BCUT2D eigenvalue weighted by Crippen LogP contribution is 2.15. The monoisotopic (exact) mass is 913 g/mol. The van der Waals surface area contributed by atoms with Crippen LogP contribution in [0, 0.1) is 0 Å². The lowest BCUT2D eigenvalue weighted by Gasteiger charge is -2.18. The van der Waals surface area contributed by atoms with Gasteiger partial charge in [0, 0.05) is 19.3 Å². The minimum Gasteiger partial charge on any atom is -0.462 e. The van der Waals surface area contributed by atoms with Gasteiger partial charge >= 0.3 is 17.9 Å². The number of carbonyl (C=O) groups excluding carboxylic acids is 3. The summed E-state index contributed by atoms with van der Waals surface area (Å²) in [6, 6.07) is 0. The number of allylic oxidation sites excluding steroid dienone is 6. The summed E-state index contributed by atoms with van der Waals surface area (Å²) in [4.78, 5) is 38.1. The van der Waals surface area contributed by atoms with Crippen molar-refractivity contribution in [2.24, 2.45) is 0 Å². The van der Waals surface area contributed by atoms with E-state index in [4.69, 9.17) is 14.2 Å². The third-order valence-electron chi connectivity index (χ3n) is 12.6. The number of ether oxygens (including phenoxy) is 3. The summed E-state index contributed by atoms with van der Waals surface area (Å²) in [5.41, 5.74) is 0. The third-order valence-corrected chi connectivity index (χ3v) is 12.6. The molecular formula is C59H108O6. The quantitative estimate of drug-likeness (QED) is 0.0262. The Labute approximate surface area is 404 Å². The molecule has 0 amide bonds. The molecule has 0 aliphatic rings. The maximum atomic E-state index is 12.8. The van der Waals surface area contributed by atoms with Gasteiger partial charge < -0.3 is 14.2 Å². The predicted molar refractivity (Wildman–Crippen MR) is 279 cm³/mol. The van der Waals surface area contributed by atoms with Crippen LogP contribution in [0.1, 0.15) is 303 Å². The Balaban J connectivity index is 4.33. The summed E-state index contributed by atoms with van der Waals surface area (Å²) in [5.74, 6) is -0.883. The SMILES string of the molecule is CCCCC/C=C\CCCCCCCC(=O)OCC(COC(=O)CCCCCCCCCCC/C=C\CCCCCCCC)OC(=O)CCCCCCC/C=C\CCCCCCCCC. The standard InChI is InChI=1S/C59H108O6/c1-4-7-10-13-16-19-22-25-27-29-30-31-33-34-37-40-43-46-49-52-58(61)64-55-56(54-63-57(60)51-48-45-42-39-36-24-21-18-15-12-9-6-3)65-59(62)53-50-47-44-41-38-35-32-28-26-23-20-17-14-11-8-5-2/h18,21,25,27-28,32,56H,4-17,19-20,22-24,26,29-31,33-55H2,1-3H3/b21-18-,27-25-,32-28-. The molecule has 0 fully saturated rings. The molecule has 0 N–H and O–H groups in total. The molecule has 0 saturated heterocycles. The zero-order valence-electron chi connectivity index (χ0n) is 43.5. The van der Waals surface area contributed by atoms with E-state index in [1.165, 1.54) is 193 Å². The number of hydrogen-bond acceptors (Lipinski definition) is 6. The first-order chi connectivity index (χ1) is 32.0. The van der Waals surface area contributed by atoms with Crippen molar-refractivity contribution in [2.75, 3.05) is 13.2 Å². The van der Waals surface area contributed by atoms with Gasteiger partial charge in [0.05, 0.1) is 0 Å². The van der Waals surface area contributed by atoms with Crippen LogP contribution >= 0.6 is 0 Å². The molecule has 6 nitrogen and oxygen atoms in total. The minimum absolute atomic E-state index is 0.0771. The molecule has 0 rings (SSSR count). The van der Waals surface area contributed by atoms with Crippen LogP contribution in [0.15, 0.2) is 36.5 Å². The summed E-state index contributed by atoms with van der Waals surface area (Å²) in [7, 11) is 0. The van der Waals surface area contributed by atoms with Crippen molar-refractivity contribution in [1.82, 2.24) is 0 Å². The van der Waals surface area contributed by atoms with E-state index in [9.17, 15) is 14.4 Å². The first-order valence-corrected chi connectivity index (χ1v) is 28.5. The predicted octanol–water partition coefficient (Wildman–Crippen LogP) is 18.9. The average molecular weight is 914 g/mol. The zero-order valence-corrected chi connectivity index (χ0v) is 43.5. The molecule has 1 atom stereocenters. The van der Waals surface area contributed by atoms with Crippen molar-refractivity contribution in [3.05, 3.63) is 36.5 Å². The van der Waals surface area contributed by atoms with Gasteiger partial charge in [0.25, 0.3) is 0 Å². The van der Waals surface area contributed by atoms with Crippen molar-refractivity contribution in [3.8, 4) is 0 Å². The van der Waals surface area contributed by atoms with Crippen LogP contribution in [0.25, 0.3) is 0 Å². The molecule has 0 aromatic rings. The summed E-state index contributed by atoms with van der Waals surface area (Å²) >= 11 is 0. The van der Waals surface area contributed by atoms with Gasteiger partial charge in [0.1, 0.15) is 13.2 Å². The van der Waals surface area contributed by atoms with Crippen LogP contribution < -0.4 is 0 Å². The van der Waals surface area contributed by atoms with Crippen LogP contribution in [0.5, 0.6) is 0 Å². The lowest BCUT2D eigenvalue weighted by atomic mass is 10.1. The molecule has 0 saturated carbocycles. The van der Waals surface area contributed by atoms with Crippen molar-refractivity contribution >= 4 is 17.9 Å². The van der Waals surface area contributed by atoms with Gasteiger partial charge in [0.2, 0.25) is 0 Å². The van der Waals surface area contributed by atoms with E-state index in [1.54, 1.807) is 0 Å². The van der Waals surface area contributed by atoms with Crippen molar-refractivity contribution in [1.29, 1.82) is 0 Å². The molecule has 0 aliphatic carbocycles. The molecule has 6 heteroatoms. The Morgan fingerprint density at radius 1 is 0.292 bits per heavy atom. The van der Waals surface area contributed by atoms with E-state index < -0.39 is 6.10 Å². The van der Waals surface area contributed by atoms with Gasteiger partial charge in [-0.1, -0.05) is 224 Å². The number of rotatable bonds is 52. The fourth-order valence-corrected chi connectivity index (χ4v) is 8.25. The van der Waals surface area contributed by atoms with Gasteiger partial charge in [-0.05, 0) is 96.3 Å². The first-order valence-electron chi connectivity index (χ1n) is 28.5. The van der Waals surface area contributed by atoms with Gasteiger partial charge in [-0.25, -0.2) is 0 Å². The van der Waals surface area contributed by atoms with Gasteiger partial charge in [-0.15, -0.1) is 0 Å². The summed E-state index contributed by atoms with van der Waals surface area (Å²) in [6.45, 7) is 6.62. The van der Waals surface area contributed by atoms with Gasteiger partial charge in [0.15, 0.2) is 6.10 Å². The molecule has 0 heterocycles. The van der Waals surface area contributed by atoms with Crippen molar-refractivity contribution in [2.45, 2.75) is 309 Å². The summed E-state index contributed by atoms with van der Waals surface area (Å²) in [6.07, 6.45) is 64.2. The average Bonchev–Trinajstić information content (AvgIpc) is 3.30. The molecule has 380 valence electrons.